The van der Waals surface area contributed by atoms with Crippen molar-refractivity contribution in [2.75, 3.05) is 48.6 Å². The lowest BCUT2D eigenvalue weighted by atomic mass is 9.43. The fourth-order valence-corrected chi connectivity index (χ4v) is 11.8. The summed E-state index contributed by atoms with van der Waals surface area (Å²) in [5.74, 6) is -2.30. The number of piperidine rings is 1. The third-order valence-electron chi connectivity index (χ3n) is 12.5. The number of benzene rings is 1. The van der Waals surface area contributed by atoms with Crippen LogP contribution in [0.15, 0.2) is 30.3 Å². The first-order valence-electron chi connectivity index (χ1n) is 14.8. The van der Waals surface area contributed by atoms with Gasteiger partial charge < -0.3 is 43.9 Å². The monoisotopic (exact) mass is 573 g/mol. The van der Waals surface area contributed by atoms with Crippen LogP contribution < -0.4 is 0 Å². The van der Waals surface area contributed by atoms with E-state index >= 15 is 0 Å². The minimum atomic E-state index is -1.76. The summed E-state index contributed by atoms with van der Waals surface area (Å²) in [5.41, 5.74) is -3.95. The third-order valence-corrected chi connectivity index (χ3v) is 12.5. The summed E-state index contributed by atoms with van der Waals surface area (Å²) in [6.07, 6.45) is -2.45. The van der Waals surface area contributed by atoms with E-state index in [9.17, 15) is 20.1 Å². The Balaban J connectivity index is 1.46. The highest BCUT2D eigenvalue weighted by molar-refractivity contribution is 5.89. The van der Waals surface area contributed by atoms with Gasteiger partial charge in [0.25, 0.3) is 0 Å². The molecule has 0 aromatic heterocycles. The van der Waals surface area contributed by atoms with Crippen LogP contribution in [0.4, 0.5) is 0 Å². The third kappa shape index (κ3) is 3.08. The Morgan fingerprint density at radius 3 is 2.39 bits per heavy atom. The second kappa shape index (κ2) is 9.19. The first-order valence-corrected chi connectivity index (χ1v) is 14.8. The van der Waals surface area contributed by atoms with E-state index < -0.39 is 58.8 Å². The van der Waals surface area contributed by atoms with Crippen LogP contribution >= 0.6 is 0 Å². The number of aliphatic hydroxyl groups is 3. The highest BCUT2D eigenvalue weighted by Crippen LogP contribution is 2.80. The van der Waals surface area contributed by atoms with E-state index in [2.05, 4.69) is 11.9 Å². The SMILES string of the molecule is COC[C@@]12CC[C@H](OC)[C@]34[C@@H]5C[C@@]6(O)[C@H](OC(=O)c7ccccc7)[C@@H]5[C@@](O)([C@H]([C@H](OC)[C@H]13)[C@H]4N(C)C2)[C@@H](O)[C@@H]6OC. The maximum Gasteiger partial charge on any atom is 0.338 e. The largest absolute Gasteiger partial charge is 0.455 e. The maximum absolute atomic E-state index is 13.5. The molecular weight excluding hydrogens is 530 g/mol. The highest BCUT2D eigenvalue weighted by atomic mass is 16.6. The molecule has 6 aliphatic rings. The highest BCUT2D eigenvalue weighted by Gasteiger charge is 2.90. The molecule has 1 spiro atoms. The number of fused-ring (bicyclic) bond motifs is 2. The number of nitrogens with zero attached hydrogens (tertiary/aromatic N) is 1. The first kappa shape index (κ1) is 28.2. The second-order valence-corrected chi connectivity index (χ2v) is 13.6. The van der Waals surface area contributed by atoms with Crippen LogP contribution in [0.1, 0.15) is 29.6 Å². The Bertz CT molecular complexity index is 1200. The number of carbonyl (C=O) groups is 1. The number of likely N-dealkylation sites (tertiary alicyclic amines) is 1. The lowest BCUT2D eigenvalue weighted by Crippen LogP contribution is -2.79. The predicted molar refractivity (Wildman–Crippen MR) is 145 cm³/mol. The fraction of sp³-hybridized carbons (Fsp3) is 0.774. The number of aliphatic hydroxyl groups excluding tert-OH is 1. The molecule has 10 heteroatoms. The average molecular weight is 574 g/mol. The predicted octanol–water partition coefficient (Wildman–Crippen LogP) is 0.716. The zero-order valence-electron chi connectivity index (χ0n) is 24.4. The summed E-state index contributed by atoms with van der Waals surface area (Å²) < 4.78 is 30.6. The molecule has 0 amide bonds. The van der Waals surface area contributed by atoms with Gasteiger partial charge >= 0.3 is 5.97 Å². The molecule has 0 radical (unpaired) electrons. The summed E-state index contributed by atoms with van der Waals surface area (Å²) in [6.45, 7) is 1.29. The molecule has 10 nitrogen and oxygen atoms in total. The lowest BCUT2D eigenvalue weighted by molar-refractivity contribution is -0.313. The van der Waals surface area contributed by atoms with Gasteiger partial charge in [0.05, 0.1) is 24.4 Å². The maximum atomic E-state index is 13.5. The number of hydrogen-bond donors (Lipinski definition) is 3. The standard InChI is InChI=1S/C31H43NO9/c1-32-14-28(15-37-2)12-11-18(38-3)30-17-13-29(35)25(41-27(34)16-9-7-6-8-10-16)19(17)31(36,24(33)26(29)40-5)20(23(30)32)21(39-4)22(28)30/h6-10,17-26,33,35-36H,11-15H2,1-5H3/t17-,18+,19-,20-,21+,22-,23-,24+,25-,26+,28+,29-,30-,31-/m1/s1. The zero-order valence-corrected chi connectivity index (χ0v) is 24.4. The number of methoxy groups -OCH3 is 4. The fourth-order valence-electron chi connectivity index (χ4n) is 11.8. The molecule has 226 valence electrons. The number of carbonyl (C=O) groups excluding carboxylic acids is 1. The van der Waals surface area contributed by atoms with E-state index in [-0.39, 0.29) is 35.8 Å². The summed E-state index contributed by atoms with van der Waals surface area (Å²) in [6, 6.07) is 8.46. The molecule has 1 saturated heterocycles. The number of rotatable bonds is 7. The van der Waals surface area contributed by atoms with Gasteiger partial charge in [-0.15, -0.1) is 0 Å². The molecule has 1 aliphatic heterocycles. The van der Waals surface area contributed by atoms with Crippen molar-refractivity contribution < 1.29 is 43.8 Å². The van der Waals surface area contributed by atoms with Gasteiger partial charge in [-0.2, -0.15) is 0 Å². The summed E-state index contributed by atoms with van der Waals surface area (Å²) in [5, 5.41) is 37.6. The Morgan fingerprint density at radius 1 is 1.02 bits per heavy atom. The second-order valence-electron chi connectivity index (χ2n) is 13.6. The van der Waals surface area contributed by atoms with E-state index in [4.69, 9.17) is 23.7 Å². The first-order chi connectivity index (χ1) is 19.6. The van der Waals surface area contributed by atoms with Crippen molar-refractivity contribution >= 4 is 5.97 Å². The van der Waals surface area contributed by atoms with E-state index in [1.807, 2.05) is 6.07 Å². The van der Waals surface area contributed by atoms with Crippen molar-refractivity contribution in [3.63, 3.8) is 0 Å². The lowest BCUT2D eigenvalue weighted by Gasteiger charge is -2.69. The Labute approximate surface area is 240 Å². The number of ether oxygens (including phenoxy) is 5. The Kier molecular flexibility index (Phi) is 6.31. The average Bonchev–Trinajstić information content (AvgIpc) is 3.36. The van der Waals surface area contributed by atoms with Crippen molar-refractivity contribution in [1.82, 2.24) is 4.90 Å². The summed E-state index contributed by atoms with van der Waals surface area (Å²) in [4.78, 5) is 15.8. The van der Waals surface area contributed by atoms with Crippen molar-refractivity contribution in [2.45, 2.75) is 67.0 Å². The minimum Gasteiger partial charge on any atom is -0.455 e. The van der Waals surface area contributed by atoms with Crippen LogP contribution in [0.25, 0.3) is 0 Å². The van der Waals surface area contributed by atoms with Gasteiger partial charge in [-0.05, 0) is 44.4 Å². The van der Waals surface area contributed by atoms with Gasteiger partial charge in [0.15, 0.2) is 0 Å². The molecule has 3 N–H and O–H groups in total. The molecule has 6 fully saturated rings. The van der Waals surface area contributed by atoms with Gasteiger partial charge in [0.1, 0.15) is 29.5 Å². The molecule has 1 heterocycles. The van der Waals surface area contributed by atoms with Crippen molar-refractivity contribution in [1.29, 1.82) is 0 Å². The normalized spacial score (nSPS) is 52.9. The smallest absolute Gasteiger partial charge is 0.338 e. The molecule has 0 unspecified atom stereocenters. The molecule has 5 aliphatic carbocycles. The topological polar surface area (TPSA) is 127 Å². The minimum absolute atomic E-state index is 0.0644. The van der Waals surface area contributed by atoms with Gasteiger partial charge in [-0.25, -0.2) is 4.79 Å². The van der Waals surface area contributed by atoms with E-state index in [0.29, 0.717) is 12.2 Å². The van der Waals surface area contributed by atoms with Crippen molar-refractivity contribution in [3.8, 4) is 0 Å². The molecule has 41 heavy (non-hydrogen) atoms. The van der Waals surface area contributed by atoms with Crippen molar-refractivity contribution in [3.05, 3.63) is 35.9 Å². The number of esters is 1. The van der Waals surface area contributed by atoms with E-state index in [0.717, 1.165) is 19.4 Å². The van der Waals surface area contributed by atoms with Crippen LogP contribution in [0, 0.1) is 34.5 Å². The van der Waals surface area contributed by atoms with Gasteiger partial charge in [0.2, 0.25) is 0 Å². The van der Waals surface area contributed by atoms with Gasteiger partial charge in [-0.1, -0.05) is 18.2 Å². The van der Waals surface area contributed by atoms with Gasteiger partial charge in [-0.3, -0.25) is 0 Å². The van der Waals surface area contributed by atoms with E-state index in [1.165, 1.54) is 7.11 Å². The van der Waals surface area contributed by atoms with Crippen LogP contribution in [0.2, 0.25) is 0 Å². The molecule has 14 atom stereocenters. The van der Waals surface area contributed by atoms with Crippen LogP contribution in [0.5, 0.6) is 0 Å². The summed E-state index contributed by atoms with van der Waals surface area (Å²) in [7, 11) is 8.65. The molecular formula is C31H43NO9. The molecule has 1 aromatic carbocycles. The molecule has 7 bridgehead atoms. The summed E-state index contributed by atoms with van der Waals surface area (Å²) >= 11 is 0. The van der Waals surface area contributed by atoms with Gasteiger partial charge in [0, 0.05) is 69.6 Å². The number of hydrogen-bond acceptors (Lipinski definition) is 10. The zero-order chi connectivity index (χ0) is 29.1. The van der Waals surface area contributed by atoms with Crippen LogP contribution in [-0.4, -0.2) is 123 Å². The Hall–Kier alpha value is -1.63. The van der Waals surface area contributed by atoms with Crippen LogP contribution in [0.3, 0.4) is 0 Å². The van der Waals surface area contributed by atoms with Crippen LogP contribution in [-0.2, 0) is 23.7 Å². The van der Waals surface area contributed by atoms with E-state index in [1.54, 1.807) is 45.6 Å². The quantitative estimate of drug-likeness (QED) is 0.402. The molecule has 5 saturated carbocycles. The Morgan fingerprint density at radius 2 is 1.76 bits per heavy atom. The molecule has 1 aromatic rings. The van der Waals surface area contributed by atoms with Crippen molar-refractivity contribution in [2.24, 2.45) is 34.5 Å². The molecule has 7 rings (SSSR count).